The average molecular weight is 243 g/mol. The first kappa shape index (κ1) is 12.2. The molecule has 16 heavy (non-hydrogen) atoms. The summed E-state index contributed by atoms with van der Waals surface area (Å²) in [6.07, 6.45) is 5.65. The molecule has 0 heterocycles. The first-order chi connectivity index (χ1) is 7.51. The minimum absolute atomic E-state index is 0.162. The van der Waals surface area contributed by atoms with E-state index in [4.69, 9.17) is 0 Å². The number of thiol groups is 1. The largest absolute Gasteiger partial charge is 0.380 e. The SMILES string of the molecule is CC(S)[C@H]1CCC[C@@H](NC(=O)C2(O)CC2)C1. The summed E-state index contributed by atoms with van der Waals surface area (Å²) in [6.45, 7) is 2.12. The van der Waals surface area contributed by atoms with Gasteiger partial charge in [-0.25, -0.2) is 0 Å². The summed E-state index contributed by atoms with van der Waals surface area (Å²) in [4.78, 5) is 11.7. The third-order valence-electron chi connectivity index (χ3n) is 3.88. The van der Waals surface area contributed by atoms with Gasteiger partial charge in [0.25, 0.3) is 5.91 Å². The van der Waals surface area contributed by atoms with E-state index in [1.807, 2.05) is 0 Å². The maximum atomic E-state index is 11.7. The van der Waals surface area contributed by atoms with Crippen molar-refractivity contribution in [3.05, 3.63) is 0 Å². The van der Waals surface area contributed by atoms with E-state index in [1.54, 1.807) is 0 Å². The van der Waals surface area contributed by atoms with Crippen molar-refractivity contribution in [2.75, 3.05) is 0 Å². The van der Waals surface area contributed by atoms with Gasteiger partial charge in [-0.1, -0.05) is 13.3 Å². The molecule has 3 nitrogen and oxygen atoms in total. The van der Waals surface area contributed by atoms with Crippen LogP contribution in [-0.4, -0.2) is 27.9 Å². The molecule has 0 saturated heterocycles. The third kappa shape index (κ3) is 2.72. The molecule has 2 fully saturated rings. The standard InChI is InChI=1S/C12H21NO2S/c1-8(16)9-3-2-4-10(7-9)13-11(14)12(15)5-6-12/h8-10,15-16H,2-7H2,1H3,(H,13,14)/t8?,9-,10+/m0/s1. The fourth-order valence-electron chi connectivity index (χ4n) is 2.46. The zero-order chi connectivity index (χ0) is 11.8. The van der Waals surface area contributed by atoms with Gasteiger partial charge >= 0.3 is 0 Å². The zero-order valence-electron chi connectivity index (χ0n) is 9.78. The summed E-state index contributed by atoms with van der Waals surface area (Å²) in [6, 6.07) is 0.241. The topological polar surface area (TPSA) is 49.3 Å². The van der Waals surface area contributed by atoms with Crippen molar-refractivity contribution in [2.45, 2.75) is 62.3 Å². The Morgan fingerprint density at radius 2 is 2.19 bits per heavy atom. The molecule has 0 aromatic carbocycles. The molecule has 0 aromatic rings. The number of carbonyl (C=O) groups is 1. The molecule has 3 atom stereocenters. The van der Waals surface area contributed by atoms with Gasteiger partial charge in [0, 0.05) is 11.3 Å². The van der Waals surface area contributed by atoms with Gasteiger partial charge in [-0.15, -0.1) is 0 Å². The molecule has 0 bridgehead atoms. The van der Waals surface area contributed by atoms with Crippen molar-refractivity contribution >= 4 is 18.5 Å². The van der Waals surface area contributed by atoms with Crippen molar-refractivity contribution in [1.29, 1.82) is 0 Å². The van der Waals surface area contributed by atoms with Gasteiger partial charge in [0.1, 0.15) is 5.60 Å². The Morgan fingerprint density at radius 3 is 2.75 bits per heavy atom. The number of carbonyl (C=O) groups excluding carboxylic acids is 1. The lowest BCUT2D eigenvalue weighted by molar-refractivity contribution is -0.132. The van der Waals surface area contributed by atoms with E-state index in [2.05, 4.69) is 24.9 Å². The van der Waals surface area contributed by atoms with Crippen molar-refractivity contribution < 1.29 is 9.90 Å². The minimum atomic E-state index is -1.03. The predicted molar refractivity (Wildman–Crippen MR) is 66.5 cm³/mol. The molecule has 0 spiro atoms. The maximum absolute atomic E-state index is 11.7. The number of aliphatic hydroxyl groups is 1. The van der Waals surface area contributed by atoms with E-state index < -0.39 is 5.60 Å². The Hall–Kier alpha value is -0.220. The molecule has 4 heteroatoms. The Balaban J connectivity index is 1.83. The first-order valence-corrected chi connectivity index (χ1v) is 6.74. The monoisotopic (exact) mass is 243 g/mol. The summed E-state index contributed by atoms with van der Waals surface area (Å²) >= 11 is 4.48. The highest BCUT2D eigenvalue weighted by Gasteiger charge is 2.48. The highest BCUT2D eigenvalue weighted by Crippen LogP contribution is 2.36. The van der Waals surface area contributed by atoms with Crippen LogP contribution in [0.1, 0.15) is 45.4 Å². The Morgan fingerprint density at radius 1 is 1.50 bits per heavy atom. The first-order valence-electron chi connectivity index (χ1n) is 6.23. The number of nitrogens with one attached hydrogen (secondary N) is 1. The highest BCUT2D eigenvalue weighted by atomic mass is 32.1. The molecule has 2 aliphatic carbocycles. The second-order valence-corrected chi connectivity index (χ2v) is 6.18. The normalized spacial score (nSPS) is 34.2. The van der Waals surface area contributed by atoms with Gasteiger partial charge < -0.3 is 10.4 Å². The Kier molecular flexibility index (Phi) is 3.50. The van der Waals surface area contributed by atoms with Crippen molar-refractivity contribution in [3.8, 4) is 0 Å². The van der Waals surface area contributed by atoms with Crippen LogP contribution in [-0.2, 0) is 4.79 Å². The summed E-state index contributed by atoms with van der Waals surface area (Å²) < 4.78 is 0. The molecule has 1 unspecified atom stereocenters. The van der Waals surface area contributed by atoms with Gasteiger partial charge in [0.15, 0.2) is 0 Å². The molecular formula is C12H21NO2S. The molecule has 0 radical (unpaired) electrons. The summed E-state index contributed by atoms with van der Waals surface area (Å²) in [7, 11) is 0. The van der Waals surface area contributed by atoms with E-state index in [9.17, 15) is 9.90 Å². The van der Waals surface area contributed by atoms with Gasteiger partial charge in [-0.05, 0) is 38.0 Å². The molecule has 1 amide bonds. The Labute approximate surface area is 102 Å². The summed E-state index contributed by atoms with van der Waals surface area (Å²) in [5.41, 5.74) is -1.03. The van der Waals surface area contributed by atoms with Crippen LogP contribution in [0.15, 0.2) is 0 Å². The van der Waals surface area contributed by atoms with E-state index >= 15 is 0 Å². The van der Waals surface area contributed by atoms with Crippen LogP contribution in [0, 0.1) is 5.92 Å². The zero-order valence-corrected chi connectivity index (χ0v) is 10.7. The fourth-order valence-corrected chi connectivity index (χ4v) is 2.73. The molecule has 92 valence electrons. The molecule has 0 aliphatic heterocycles. The van der Waals surface area contributed by atoms with Crippen LogP contribution >= 0.6 is 12.6 Å². The summed E-state index contributed by atoms with van der Waals surface area (Å²) in [5.74, 6) is 0.432. The van der Waals surface area contributed by atoms with Crippen molar-refractivity contribution in [2.24, 2.45) is 5.92 Å². The number of rotatable bonds is 3. The quantitative estimate of drug-likeness (QED) is 0.658. The highest BCUT2D eigenvalue weighted by molar-refractivity contribution is 7.80. The summed E-state index contributed by atoms with van der Waals surface area (Å²) in [5, 5.41) is 13.1. The van der Waals surface area contributed by atoms with E-state index in [-0.39, 0.29) is 11.9 Å². The second-order valence-electron chi connectivity index (χ2n) is 5.37. The minimum Gasteiger partial charge on any atom is -0.380 e. The van der Waals surface area contributed by atoms with Crippen LogP contribution in [0.4, 0.5) is 0 Å². The molecule has 2 N–H and O–H groups in total. The fraction of sp³-hybridized carbons (Fsp3) is 0.917. The van der Waals surface area contributed by atoms with E-state index in [0.29, 0.717) is 24.0 Å². The molecule has 2 saturated carbocycles. The van der Waals surface area contributed by atoms with Crippen molar-refractivity contribution in [3.63, 3.8) is 0 Å². The van der Waals surface area contributed by atoms with Crippen LogP contribution in [0.5, 0.6) is 0 Å². The van der Waals surface area contributed by atoms with Crippen molar-refractivity contribution in [1.82, 2.24) is 5.32 Å². The smallest absolute Gasteiger partial charge is 0.252 e. The third-order valence-corrected chi connectivity index (χ3v) is 4.30. The van der Waals surface area contributed by atoms with Gasteiger partial charge in [-0.2, -0.15) is 12.6 Å². The molecule has 2 aliphatic rings. The lowest BCUT2D eigenvalue weighted by atomic mass is 9.84. The lowest BCUT2D eigenvalue weighted by Gasteiger charge is -2.32. The van der Waals surface area contributed by atoms with E-state index in [0.717, 1.165) is 19.3 Å². The number of hydrogen-bond donors (Lipinski definition) is 3. The molecule has 2 rings (SSSR count). The number of hydrogen-bond acceptors (Lipinski definition) is 3. The predicted octanol–water partition coefficient (Wildman–Crippen LogP) is 1.50. The number of amides is 1. The van der Waals surface area contributed by atoms with Gasteiger partial charge in [0.05, 0.1) is 0 Å². The van der Waals surface area contributed by atoms with Crippen LogP contribution < -0.4 is 5.32 Å². The Bertz CT molecular complexity index is 276. The van der Waals surface area contributed by atoms with Crippen LogP contribution in [0.2, 0.25) is 0 Å². The maximum Gasteiger partial charge on any atom is 0.252 e. The van der Waals surface area contributed by atoms with Crippen LogP contribution in [0.3, 0.4) is 0 Å². The van der Waals surface area contributed by atoms with E-state index in [1.165, 1.54) is 6.42 Å². The molecule has 0 aromatic heterocycles. The second kappa shape index (κ2) is 4.57. The van der Waals surface area contributed by atoms with Gasteiger partial charge in [0.2, 0.25) is 0 Å². The molecular weight excluding hydrogens is 222 g/mol. The van der Waals surface area contributed by atoms with Crippen LogP contribution in [0.25, 0.3) is 0 Å². The average Bonchev–Trinajstić information content (AvgIpc) is 2.98. The van der Waals surface area contributed by atoms with Gasteiger partial charge in [-0.3, -0.25) is 4.79 Å². The lowest BCUT2D eigenvalue weighted by Crippen LogP contribution is -2.45.